The fraction of sp³-hybridized carbons (Fsp3) is 0.333. The molecule has 1 aromatic carbocycles. The van der Waals surface area contributed by atoms with Crippen molar-refractivity contribution < 1.29 is 21.1 Å². The average molecular weight is 355 g/mol. The minimum Gasteiger partial charge on any atom is -0.526 e. The molecular weight excluding hydrogens is 342 g/mol. The zero-order chi connectivity index (χ0) is 9.31. The van der Waals surface area contributed by atoms with Crippen LogP contribution in [0.5, 0.6) is 0 Å². The monoisotopic (exact) mass is 355 g/mol. The van der Waals surface area contributed by atoms with Gasteiger partial charge in [-0.2, -0.15) is 6.92 Å². The van der Waals surface area contributed by atoms with Crippen molar-refractivity contribution in [1.82, 2.24) is 0 Å². The molecule has 14 heavy (non-hydrogen) atoms. The molecule has 72 valence electrons. The Morgan fingerprint density at radius 2 is 1.79 bits per heavy atom. The van der Waals surface area contributed by atoms with E-state index in [-0.39, 0.29) is 26.6 Å². The van der Waals surface area contributed by atoms with E-state index in [1.807, 2.05) is 6.92 Å². The van der Waals surface area contributed by atoms with Crippen molar-refractivity contribution in [1.29, 1.82) is 0 Å². The second-order valence-corrected chi connectivity index (χ2v) is 3.68. The van der Waals surface area contributed by atoms with Gasteiger partial charge in [0.2, 0.25) is 0 Å². The standard InChI is InChI=1S/C12H13N.W/c1-3-13-12(2)8-10-6-4-5-7-11(10)9-12;/h4-7H,2,8-9H2,1H3;/q-2;+2. The van der Waals surface area contributed by atoms with Gasteiger partial charge in [-0.05, 0) is 24.0 Å². The van der Waals surface area contributed by atoms with Gasteiger partial charge in [0.15, 0.2) is 0 Å². The minimum absolute atomic E-state index is 0. The second kappa shape index (κ2) is 4.40. The Hall–Kier alpha value is -0.422. The average Bonchev–Trinajstić information content (AvgIpc) is 2.40. The van der Waals surface area contributed by atoms with Crippen molar-refractivity contribution in [3.8, 4) is 0 Å². The number of aliphatic imine (C=N–C) groups is 1. The number of hydrogen-bond acceptors (Lipinski definition) is 1. The maximum Gasteiger partial charge on any atom is 2.00 e. The van der Waals surface area contributed by atoms with Gasteiger partial charge in [0.05, 0.1) is 0 Å². The molecule has 2 heteroatoms. The maximum atomic E-state index is 4.31. The quantitative estimate of drug-likeness (QED) is 0.542. The van der Waals surface area contributed by atoms with Crippen LogP contribution >= 0.6 is 0 Å². The largest absolute Gasteiger partial charge is 2.00 e. The summed E-state index contributed by atoms with van der Waals surface area (Å²) in [6.45, 7) is 5.97. The molecule has 0 atom stereocenters. The molecule has 0 heterocycles. The van der Waals surface area contributed by atoms with Crippen LogP contribution in [-0.4, -0.2) is 11.8 Å². The van der Waals surface area contributed by atoms with E-state index in [1.165, 1.54) is 11.1 Å². The van der Waals surface area contributed by atoms with Crippen LogP contribution in [0.25, 0.3) is 0 Å². The molecule has 0 radical (unpaired) electrons. The summed E-state index contributed by atoms with van der Waals surface area (Å²) in [5.74, 6) is 0. The van der Waals surface area contributed by atoms with Crippen LogP contribution in [0.3, 0.4) is 0 Å². The predicted molar refractivity (Wildman–Crippen MR) is 55.0 cm³/mol. The van der Waals surface area contributed by atoms with E-state index in [2.05, 4.69) is 42.4 Å². The third-order valence-corrected chi connectivity index (χ3v) is 2.51. The van der Waals surface area contributed by atoms with Crippen molar-refractivity contribution in [2.75, 3.05) is 0 Å². The molecule has 0 bridgehead atoms. The number of hydrogen-bond donors (Lipinski definition) is 0. The molecule has 0 amide bonds. The van der Waals surface area contributed by atoms with Crippen molar-refractivity contribution >= 4 is 6.21 Å². The minimum atomic E-state index is -0.182. The van der Waals surface area contributed by atoms with Crippen LogP contribution in [0.2, 0.25) is 0 Å². The van der Waals surface area contributed by atoms with Crippen molar-refractivity contribution in [2.45, 2.75) is 25.3 Å². The third kappa shape index (κ3) is 2.14. The fourth-order valence-corrected chi connectivity index (χ4v) is 1.99. The van der Waals surface area contributed by atoms with Crippen LogP contribution < -0.4 is 0 Å². The normalized spacial score (nSPS) is 17.9. The van der Waals surface area contributed by atoms with Gasteiger partial charge < -0.3 is 18.1 Å². The van der Waals surface area contributed by atoms with Crippen molar-refractivity contribution in [3.05, 3.63) is 42.3 Å². The van der Waals surface area contributed by atoms with Gasteiger partial charge in [0, 0.05) is 0 Å². The Bertz CT molecular complexity index is 319. The number of nitrogens with zero attached hydrogens (tertiary/aromatic N) is 1. The Kier molecular flexibility index (Phi) is 3.66. The molecule has 0 saturated heterocycles. The van der Waals surface area contributed by atoms with E-state index in [9.17, 15) is 0 Å². The Balaban J connectivity index is 0.000000980. The first-order chi connectivity index (χ1) is 6.23. The Labute approximate surface area is 99.9 Å². The summed E-state index contributed by atoms with van der Waals surface area (Å²) in [5.41, 5.74) is 2.59. The zero-order valence-electron chi connectivity index (χ0n) is 8.29. The molecule has 0 saturated carbocycles. The summed E-state index contributed by atoms with van der Waals surface area (Å²) in [5, 5.41) is 0. The first-order valence-corrected chi connectivity index (χ1v) is 4.54. The fourth-order valence-electron chi connectivity index (χ4n) is 1.99. The van der Waals surface area contributed by atoms with Crippen LogP contribution in [-0.2, 0) is 33.9 Å². The van der Waals surface area contributed by atoms with E-state index in [4.69, 9.17) is 0 Å². The molecular formula is C12H13NW. The second-order valence-electron chi connectivity index (χ2n) is 3.68. The van der Waals surface area contributed by atoms with Gasteiger partial charge in [-0.25, -0.2) is 0 Å². The summed E-state index contributed by atoms with van der Waals surface area (Å²) in [4.78, 5) is 4.31. The van der Waals surface area contributed by atoms with E-state index in [0.717, 1.165) is 12.8 Å². The third-order valence-electron chi connectivity index (χ3n) is 2.51. The van der Waals surface area contributed by atoms with Gasteiger partial charge in [-0.15, -0.1) is 0 Å². The number of benzene rings is 1. The predicted octanol–water partition coefficient (Wildman–Crippen LogP) is 2.32. The van der Waals surface area contributed by atoms with E-state index in [0.29, 0.717) is 0 Å². The SMILES string of the molecule is [CH2-]C1(N=[C-]C)Cc2ccccc2C1.[W+2]. The molecule has 1 aliphatic carbocycles. The number of rotatable bonds is 1. The molecule has 0 spiro atoms. The van der Waals surface area contributed by atoms with Crippen LogP contribution in [0, 0.1) is 6.92 Å². The van der Waals surface area contributed by atoms with Crippen LogP contribution in [0.4, 0.5) is 0 Å². The summed E-state index contributed by atoms with van der Waals surface area (Å²) in [7, 11) is 0. The van der Waals surface area contributed by atoms with Crippen molar-refractivity contribution in [2.24, 2.45) is 4.99 Å². The molecule has 1 nitrogen and oxygen atoms in total. The van der Waals surface area contributed by atoms with Gasteiger partial charge in [-0.3, -0.25) is 0 Å². The molecule has 0 unspecified atom stereocenters. The van der Waals surface area contributed by atoms with E-state index in [1.54, 1.807) is 0 Å². The summed E-state index contributed by atoms with van der Waals surface area (Å²) in [6.07, 6.45) is 4.74. The molecule has 0 aliphatic heterocycles. The van der Waals surface area contributed by atoms with Crippen LogP contribution in [0.15, 0.2) is 29.3 Å². The summed E-state index contributed by atoms with van der Waals surface area (Å²) in [6, 6.07) is 8.47. The number of fused-ring (bicyclic) bond motifs is 1. The van der Waals surface area contributed by atoms with Crippen molar-refractivity contribution in [3.63, 3.8) is 0 Å². The summed E-state index contributed by atoms with van der Waals surface area (Å²) < 4.78 is 0. The van der Waals surface area contributed by atoms with Gasteiger partial charge in [0.1, 0.15) is 0 Å². The molecule has 0 aromatic heterocycles. The Morgan fingerprint density at radius 3 is 2.21 bits per heavy atom. The first-order valence-electron chi connectivity index (χ1n) is 4.54. The van der Waals surface area contributed by atoms with Gasteiger partial charge in [-0.1, -0.05) is 29.8 Å². The Morgan fingerprint density at radius 1 is 1.29 bits per heavy atom. The molecule has 0 N–H and O–H groups in total. The van der Waals surface area contributed by atoms with E-state index < -0.39 is 0 Å². The van der Waals surface area contributed by atoms with Gasteiger partial charge in [0.25, 0.3) is 0 Å². The molecule has 0 fully saturated rings. The summed E-state index contributed by atoms with van der Waals surface area (Å²) >= 11 is 0. The topological polar surface area (TPSA) is 12.4 Å². The maximum absolute atomic E-state index is 4.31. The van der Waals surface area contributed by atoms with Gasteiger partial charge >= 0.3 is 21.1 Å². The molecule has 2 rings (SSSR count). The molecule has 1 aromatic rings. The molecule has 1 aliphatic rings. The smallest absolute Gasteiger partial charge is 0.526 e. The first kappa shape index (κ1) is 11.7. The van der Waals surface area contributed by atoms with Crippen LogP contribution in [0.1, 0.15) is 18.1 Å². The van der Waals surface area contributed by atoms with E-state index >= 15 is 0 Å². The zero-order valence-corrected chi connectivity index (χ0v) is 11.2.